The topological polar surface area (TPSA) is 79.5 Å². The summed E-state index contributed by atoms with van der Waals surface area (Å²) in [6.45, 7) is 1.10. The highest BCUT2D eigenvalue weighted by Crippen LogP contribution is 2.27. The second kappa shape index (κ2) is 4.39. The second-order valence-electron chi connectivity index (χ2n) is 3.68. The summed E-state index contributed by atoms with van der Waals surface area (Å²) < 4.78 is 4.90. The summed E-state index contributed by atoms with van der Waals surface area (Å²) in [5.74, 6) is -0.224. The van der Waals surface area contributed by atoms with Crippen LogP contribution in [0.2, 0.25) is 0 Å². The van der Waals surface area contributed by atoms with Crippen molar-refractivity contribution in [3.63, 3.8) is 0 Å². The summed E-state index contributed by atoms with van der Waals surface area (Å²) in [6, 6.07) is 0.497. The lowest BCUT2D eigenvalue weighted by Gasteiger charge is -2.18. The first-order valence-electron chi connectivity index (χ1n) is 4.97. The average molecular weight is 211 g/mol. The van der Waals surface area contributed by atoms with E-state index in [9.17, 15) is 4.79 Å². The van der Waals surface area contributed by atoms with Crippen LogP contribution in [-0.2, 0) is 11.3 Å². The maximum atomic E-state index is 10.5. The zero-order chi connectivity index (χ0) is 10.7. The molecule has 0 aromatic carbocycles. The van der Waals surface area contributed by atoms with Crippen LogP contribution in [0.5, 0.6) is 0 Å². The van der Waals surface area contributed by atoms with Crippen molar-refractivity contribution in [3.05, 3.63) is 12.2 Å². The molecular formula is C9H13N3O3. The van der Waals surface area contributed by atoms with Crippen molar-refractivity contribution in [1.82, 2.24) is 15.0 Å². The lowest BCUT2D eigenvalue weighted by molar-refractivity contribution is -0.137. The number of carboxylic acid groups (broad SMARTS) is 1. The number of rotatable bonds is 6. The van der Waals surface area contributed by atoms with Crippen molar-refractivity contribution in [1.29, 1.82) is 0 Å². The zero-order valence-electron chi connectivity index (χ0n) is 8.30. The molecular weight excluding hydrogens is 198 g/mol. The molecule has 0 amide bonds. The van der Waals surface area contributed by atoms with Crippen LogP contribution in [0.25, 0.3) is 0 Å². The minimum absolute atomic E-state index is 0.157. The van der Waals surface area contributed by atoms with E-state index in [-0.39, 0.29) is 6.42 Å². The van der Waals surface area contributed by atoms with Gasteiger partial charge in [0, 0.05) is 12.6 Å². The van der Waals surface area contributed by atoms with Crippen molar-refractivity contribution in [2.75, 3.05) is 6.54 Å². The molecule has 1 heterocycles. The van der Waals surface area contributed by atoms with E-state index in [1.54, 1.807) is 0 Å². The molecule has 1 aromatic heterocycles. The largest absolute Gasteiger partial charge is 0.481 e. The van der Waals surface area contributed by atoms with Gasteiger partial charge in [0.2, 0.25) is 5.89 Å². The third kappa shape index (κ3) is 3.02. The van der Waals surface area contributed by atoms with Gasteiger partial charge in [-0.3, -0.25) is 9.69 Å². The van der Waals surface area contributed by atoms with Gasteiger partial charge in [0.05, 0.1) is 13.0 Å². The monoisotopic (exact) mass is 211 g/mol. The minimum atomic E-state index is -0.772. The van der Waals surface area contributed by atoms with Crippen LogP contribution in [0.4, 0.5) is 0 Å². The summed E-state index contributed by atoms with van der Waals surface area (Å²) in [6.07, 6.45) is 3.78. The normalized spacial score (nSPS) is 15.8. The van der Waals surface area contributed by atoms with Crippen LogP contribution < -0.4 is 0 Å². The molecule has 0 spiro atoms. The third-order valence-corrected chi connectivity index (χ3v) is 2.42. The summed E-state index contributed by atoms with van der Waals surface area (Å²) in [5.41, 5.74) is 0. The van der Waals surface area contributed by atoms with E-state index >= 15 is 0 Å². The molecule has 15 heavy (non-hydrogen) atoms. The number of nitrogens with zero attached hydrogens (tertiary/aromatic N) is 3. The van der Waals surface area contributed by atoms with Gasteiger partial charge in [0.15, 0.2) is 6.33 Å². The lowest BCUT2D eigenvalue weighted by Crippen LogP contribution is -2.28. The summed E-state index contributed by atoms with van der Waals surface area (Å²) in [4.78, 5) is 16.5. The van der Waals surface area contributed by atoms with Gasteiger partial charge in [-0.2, -0.15) is 4.98 Å². The first kappa shape index (κ1) is 10.1. The van der Waals surface area contributed by atoms with Crippen LogP contribution in [0.3, 0.4) is 0 Å². The van der Waals surface area contributed by atoms with Gasteiger partial charge in [-0.25, -0.2) is 0 Å². The predicted octanol–water partition coefficient (Wildman–Crippen LogP) is 0.509. The van der Waals surface area contributed by atoms with Gasteiger partial charge in [-0.15, -0.1) is 0 Å². The number of aromatic nitrogens is 2. The van der Waals surface area contributed by atoms with Crippen molar-refractivity contribution in [2.24, 2.45) is 0 Å². The summed E-state index contributed by atoms with van der Waals surface area (Å²) in [7, 11) is 0. The van der Waals surface area contributed by atoms with E-state index in [1.165, 1.54) is 6.33 Å². The van der Waals surface area contributed by atoms with Gasteiger partial charge in [-0.05, 0) is 12.8 Å². The fraction of sp³-hybridized carbons (Fsp3) is 0.667. The molecule has 82 valence electrons. The van der Waals surface area contributed by atoms with E-state index in [0.717, 1.165) is 12.8 Å². The molecule has 6 heteroatoms. The highest BCUT2D eigenvalue weighted by Gasteiger charge is 2.30. The van der Waals surface area contributed by atoms with E-state index < -0.39 is 5.97 Å². The lowest BCUT2D eigenvalue weighted by atomic mass is 10.3. The van der Waals surface area contributed by atoms with Crippen molar-refractivity contribution in [3.8, 4) is 0 Å². The molecule has 1 N–H and O–H groups in total. The third-order valence-electron chi connectivity index (χ3n) is 2.42. The highest BCUT2D eigenvalue weighted by atomic mass is 16.5. The second-order valence-corrected chi connectivity index (χ2v) is 3.68. The fourth-order valence-electron chi connectivity index (χ4n) is 1.51. The summed E-state index contributed by atoms with van der Waals surface area (Å²) in [5, 5.41) is 12.1. The van der Waals surface area contributed by atoms with Gasteiger partial charge in [0.25, 0.3) is 0 Å². The Bertz CT molecular complexity index is 321. The first-order valence-corrected chi connectivity index (χ1v) is 4.97. The van der Waals surface area contributed by atoms with Crippen LogP contribution in [0.15, 0.2) is 10.9 Å². The van der Waals surface area contributed by atoms with E-state index in [4.69, 9.17) is 9.63 Å². The van der Waals surface area contributed by atoms with Crippen molar-refractivity contribution in [2.45, 2.75) is 31.8 Å². The Hall–Kier alpha value is -1.43. The molecule has 0 saturated heterocycles. The van der Waals surface area contributed by atoms with Gasteiger partial charge in [0.1, 0.15) is 0 Å². The van der Waals surface area contributed by atoms with Crippen LogP contribution >= 0.6 is 0 Å². The molecule has 0 bridgehead atoms. The molecule has 6 nitrogen and oxygen atoms in total. The molecule has 0 atom stereocenters. The Morgan fingerprint density at radius 2 is 2.47 bits per heavy atom. The molecule has 0 aliphatic heterocycles. The van der Waals surface area contributed by atoms with Crippen LogP contribution in [0, 0.1) is 0 Å². The minimum Gasteiger partial charge on any atom is -0.481 e. The van der Waals surface area contributed by atoms with Gasteiger partial charge >= 0.3 is 5.97 Å². The maximum Gasteiger partial charge on any atom is 0.304 e. The Labute approximate surface area is 86.9 Å². The van der Waals surface area contributed by atoms with E-state index in [0.29, 0.717) is 25.0 Å². The molecule has 1 aliphatic rings. The standard InChI is InChI=1S/C9H13N3O3/c13-9(14)3-4-12(7-1-2-7)5-8-10-6-11-15-8/h6-7H,1-5H2,(H,13,14). The molecule has 2 rings (SSSR count). The van der Waals surface area contributed by atoms with Gasteiger partial charge < -0.3 is 9.63 Å². The number of aliphatic carboxylic acids is 1. The van der Waals surface area contributed by atoms with Crippen molar-refractivity contribution >= 4 is 5.97 Å². The van der Waals surface area contributed by atoms with Crippen molar-refractivity contribution < 1.29 is 14.4 Å². The Morgan fingerprint density at radius 3 is 3.00 bits per heavy atom. The fourth-order valence-corrected chi connectivity index (χ4v) is 1.51. The summed E-state index contributed by atoms with van der Waals surface area (Å²) >= 11 is 0. The zero-order valence-corrected chi connectivity index (χ0v) is 8.30. The van der Waals surface area contributed by atoms with Crippen LogP contribution in [-0.4, -0.2) is 38.7 Å². The molecule has 1 aromatic rings. The first-order chi connectivity index (χ1) is 7.25. The van der Waals surface area contributed by atoms with Crippen LogP contribution in [0.1, 0.15) is 25.2 Å². The number of hydrogen-bond donors (Lipinski definition) is 1. The van der Waals surface area contributed by atoms with Gasteiger partial charge in [-0.1, -0.05) is 5.16 Å². The molecule has 1 aliphatic carbocycles. The Balaban J connectivity index is 1.86. The molecule has 1 fully saturated rings. The number of hydrogen-bond acceptors (Lipinski definition) is 5. The maximum absolute atomic E-state index is 10.5. The Morgan fingerprint density at radius 1 is 1.67 bits per heavy atom. The SMILES string of the molecule is O=C(O)CCN(Cc1ncno1)C1CC1. The number of carbonyl (C=O) groups is 1. The molecule has 1 saturated carbocycles. The Kier molecular flexibility index (Phi) is 2.96. The van der Waals surface area contributed by atoms with E-state index in [1.807, 2.05) is 0 Å². The number of carboxylic acids is 1. The highest BCUT2D eigenvalue weighted by molar-refractivity contribution is 5.66. The van der Waals surface area contributed by atoms with E-state index in [2.05, 4.69) is 15.0 Å². The smallest absolute Gasteiger partial charge is 0.304 e. The quantitative estimate of drug-likeness (QED) is 0.738. The molecule has 0 radical (unpaired) electrons. The predicted molar refractivity (Wildman–Crippen MR) is 50.0 cm³/mol. The molecule has 0 unspecified atom stereocenters. The average Bonchev–Trinajstić information content (AvgIpc) is 2.91.